The molecular formula is C9H16N4O2S. The van der Waals surface area contributed by atoms with Crippen LogP contribution in [0.1, 0.15) is 12.7 Å². The van der Waals surface area contributed by atoms with E-state index < -0.39 is 0 Å². The van der Waals surface area contributed by atoms with E-state index in [1.165, 1.54) is 11.8 Å². The fourth-order valence-corrected chi connectivity index (χ4v) is 1.99. The third-order valence-electron chi connectivity index (χ3n) is 1.88. The van der Waals surface area contributed by atoms with Gasteiger partial charge in [0.1, 0.15) is 5.82 Å². The zero-order valence-corrected chi connectivity index (χ0v) is 10.3. The Morgan fingerprint density at radius 2 is 2.31 bits per heavy atom. The highest BCUT2D eigenvalue weighted by Crippen LogP contribution is 2.16. The van der Waals surface area contributed by atoms with Crippen LogP contribution in [0.15, 0.2) is 5.16 Å². The molecule has 0 radical (unpaired) electrons. The van der Waals surface area contributed by atoms with E-state index in [1.54, 1.807) is 6.92 Å². The van der Waals surface area contributed by atoms with Gasteiger partial charge < -0.3 is 15.0 Å². The molecule has 0 saturated heterocycles. The first-order valence-corrected chi connectivity index (χ1v) is 6.05. The number of nitrogens with zero attached hydrogens (tertiary/aromatic N) is 3. The highest BCUT2D eigenvalue weighted by atomic mass is 32.2. The molecular weight excluding hydrogens is 228 g/mol. The van der Waals surface area contributed by atoms with E-state index in [9.17, 15) is 4.79 Å². The van der Waals surface area contributed by atoms with Crippen LogP contribution in [-0.2, 0) is 16.1 Å². The SMILES string of the molecule is CCOC(=O)CSc1nnc(C)n1CCN. The first-order valence-electron chi connectivity index (χ1n) is 5.07. The van der Waals surface area contributed by atoms with Gasteiger partial charge in [-0.1, -0.05) is 11.8 Å². The van der Waals surface area contributed by atoms with Gasteiger partial charge in [-0.05, 0) is 13.8 Å². The lowest BCUT2D eigenvalue weighted by Gasteiger charge is -2.05. The molecule has 0 aliphatic rings. The molecule has 0 aliphatic carbocycles. The first kappa shape index (κ1) is 13.0. The number of nitrogens with two attached hydrogens (primary N) is 1. The second-order valence-corrected chi connectivity index (χ2v) is 4.01. The topological polar surface area (TPSA) is 83.0 Å². The summed E-state index contributed by atoms with van der Waals surface area (Å²) in [7, 11) is 0. The number of esters is 1. The zero-order chi connectivity index (χ0) is 12.0. The molecule has 0 unspecified atom stereocenters. The quantitative estimate of drug-likeness (QED) is 0.568. The molecule has 1 heterocycles. The normalized spacial score (nSPS) is 10.4. The van der Waals surface area contributed by atoms with Crippen LogP contribution in [0, 0.1) is 6.92 Å². The Bertz CT molecular complexity index is 353. The van der Waals surface area contributed by atoms with E-state index in [-0.39, 0.29) is 11.7 Å². The van der Waals surface area contributed by atoms with Crippen LogP contribution >= 0.6 is 11.8 Å². The molecule has 0 atom stereocenters. The third kappa shape index (κ3) is 3.49. The number of hydrogen-bond donors (Lipinski definition) is 1. The van der Waals surface area contributed by atoms with E-state index in [4.69, 9.17) is 10.5 Å². The number of hydrogen-bond acceptors (Lipinski definition) is 6. The largest absolute Gasteiger partial charge is 0.465 e. The lowest BCUT2D eigenvalue weighted by Crippen LogP contribution is -2.13. The minimum atomic E-state index is -0.243. The van der Waals surface area contributed by atoms with Crippen molar-refractivity contribution in [2.75, 3.05) is 18.9 Å². The molecule has 6 nitrogen and oxygen atoms in total. The molecule has 7 heteroatoms. The van der Waals surface area contributed by atoms with E-state index in [0.717, 1.165) is 5.82 Å². The number of ether oxygens (including phenoxy) is 1. The van der Waals surface area contributed by atoms with Crippen LogP contribution in [0.25, 0.3) is 0 Å². The van der Waals surface area contributed by atoms with Crippen molar-refractivity contribution >= 4 is 17.7 Å². The smallest absolute Gasteiger partial charge is 0.316 e. The summed E-state index contributed by atoms with van der Waals surface area (Å²) in [5.41, 5.74) is 5.48. The number of carbonyl (C=O) groups is 1. The number of rotatable bonds is 6. The van der Waals surface area contributed by atoms with Gasteiger partial charge in [-0.2, -0.15) is 0 Å². The van der Waals surface area contributed by atoms with Crippen LogP contribution in [0.5, 0.6) is 0 Å². The summed E-state index contributed by atoms with van der Waals surface area (Å²) < 4.78 is 6.72. The van der Waals surface area contributed by atoms with Gasteiger partial charge in [0, 0.05) is 13.1 Å². The predicted octanol–water partition coefficient (Wildman–Crippen LogP) is 0.200. The highest BCUT2D eigenvalue weighted by molar-refractivity contribution is 7.99. The lowest BCUT2D eigenvalue weighted by atomic mass is 10.6. The molecule has 1 aromatic rings. The Morgan fingerprint density at radius 1 is 1.56 bits per heavy atom. The van der Waals surface area contributed by atoms with Gasteiger partial charge in [0.25, 0.3) is 0 Å². The lowest BCUT2D eigenvalue weighted by molar-refractivity contribution is -0.139. The summed E-state index contributed by atoms with van der Waals surface area (Å²) in [6, 6.07) is 0. The summed E-state index contributed by atoms with van der Waals surface area (Å²) in [5, 5.41) is 8.63. The Kier molecular flexibility index (Phi) is 5.27. The predicted molar refractivity (Wildman–Crippen MR) is 61.2 cm³/mol. The van der Waals surface area contributed by atoms with Crippen LogP contribution in [-0.4, -0.2) is 39.6 Å². The number of aryl methyl sites for hydroxylation is 1. The van der Waals surface area contributed by atoms with Crippen LogP contribution < -0.4 is 5.73 Å². The molecule has 0 spiro atoms. The number of thioether (sulfide) groups is 1. The van der Waals surface area contributed by atoms with Gasteiger partial charge in [-0.15, -0.1) is 10.2 Å². The minimum Gasteiger partial charge on any atom is -0.465 e. The molecule has 0 bridgehead atoms. The molecule has 0 fully saturated rings. The van der Waals surface area contributed by atoms with Crippen molar-refractivity contribution in [2.24, 2.45) is 5.73 Å². The van der Waals surface area contributed by atoms with Gasteiger partial charge in [-0.3, -0.25) is 4.79 Å². The van der Waals surface area contributed by atoms with Gasteiger partial charge in [0.05, 0.1) is 12.4 Å². The summed E-state index contributed by atoms with van der Waals surface area (Å²) in [6.07, 6.45) is 0. The first-order chi connectivity index (χ1) is 7.69. The van der Waals surface area contributed by atoms with E-state index >= 15 is 0 Å². The summed E-state index contributed by atoms with van der Waals surface area (Å²) >= 11 is 1.32. The van der Waals surface area contributed by atoms with Gasteiger partial charge >= 0.3 is 5.97 Å². The highest BCUT2D eigenvalue weighted by Gasteiger charge is 2.11. The van der Waals surface area contributed by atoms with E-state index in [0.29, 0.717) is 24.9 Å². The van der Waals surface area contributed by atoms with Crippen molar-refractivity contribution in [3.8, 4) is 0 Å². The van der Waals surface area contributed by atoms with Crippen molar-refractivity contribution in [1.82, 2.24) is 14.8 Å². The standard InChI is InChI=1S/C9H16N4O2S/c1-3-15-8(14)6-16-9-12-11-7(2)13(9)5-4-10/h3-6,10H2,1-2H3. The Balaban J connectivity index is 2.56. The average Bonchev–Trinajstić information content (AvgIpc) is 2.59. The van der Waals surface area contributed by atoms with Gasteiger partial charge in [0.2, 0.25) is 0 Å². The third-order valence-corrected chi connectivity index (χ3v) is 2.82. The van der Waals surface area contributed by atoms with Crippen molar-refractivity contribution in [3.63, 3.8) is 0 Å². The minimum absolute atomic E-state index is 0.243. The maximum atomic E-state index is 11.2. The van der Waals surface area contributed by atoms with Crippen LogP contribution in [0.3, 0.4) is 0 Å². The van der Waals surface area contributed by atoms with Crippen molar-refractivity contribution < 1.29 is 9.53 Å². The van der Waals surface area contributed by atoms with E-state index in [1.807, 2.05) is 11.5 Å². The maximum Gasteiger partial charge on any atom is 0.316 e. The van der Waals surface area contributed by atoms with Crippen molar-refractivity contribution in [2.45, 2.75) is 25.5 Å². The summed E-state index contributed by atoms with van der Waals surface area (Å²) in [6.45, 7) is 5.21. The number of aromatic nitrogens is 3. The molecule has 0 aromatic carbocycles. The zero-order valence-electron chi connectivity index (χ0n) is 9.47. The molecule has 2 N–H and O–H groups in total. The molecule has 90 valence electrons. The number of carbonyl (C=O) groups excluding carboxylic acids is 1. The van der Waals surface area contributed by atoms with Gasteiger partial charge in [-0.25, -0.2) is 0 Å². The molecule has 16 heavy (non-hydrogen) atoms. The Morgan fingerprint density at radius 3 is 2.94 bits per heavy atom. The summed E-state index contributed by atoms with van der Waals surface area (Å²) in [4.78, 5) is 11.2. The Hall–Kier alpha value is -1.08. The average molecular weight is 244 g/mol. The fraction of sp³-hybridized carbons (Fsp3) is 0.667. The molecule has 0 aliphatic heterocycles. The summed E-state index contributed by atoms with van der Waals surface area (Å²) in [5.74, 6) is 0.806. The van der Waals surface area contributed by atoms with Gasteiger partial charge in [0.15, 0.2) is 5.16 Å². The van der Waals surface area contributed by atoms with Crippen LogP contribution in [0.4, 0.5) is 0 Å². The van der Waals surface area contributed by atoms with E-state index in [2.05, 4.69) is 10.2 Å². The fourth-order valence-electron chi connectivity index (χ4n) is 1.18. The van der Waals surface area contributed by atoms with Crippen molar-refractivity contribution in [1.29, 1.82) is 0 Å². The Labute approximate surface area is 98.6 Å². The maximum absolute atomic E-state index is 11.2. The molecule has 0 amide bonds. The van der Waals surface area contributed by atoms with Crippen molar-refractivity contribution in [3.05, 3.63) is 5.82 Å². The molecule has 1 rings (SSSR count). The second kappa shape index (κ2) is 6.49. The monoisotopic (exact) mass is 244 g/mol. The molecule has 0 saturated carbocycles. The second-order valence-electron chi connectivity index (χ2n) is 3.06. The van der Waals surface area contributed by atoms with Crippen LogP contribution in [0.2, 0.25) is 0 Å². The molecule has 1 aromatic heterocycles.